The molecule has 0 aromatic rings. The first kappa shape index (κ1) is 37.0. The van der Waals surface area contributed by atoms with Gasteiger partial charge in [-0.15, -0.1) is 0 Å². The number of amides is 1. The van der Waals surface area contributed by atoms with Crippen LogP contribution in [0, 0.1) is 0 Å². The van der Waals surface area contributed by atoms with E-state index >= 15 is 0 Å². The number of hydrogen-bond donors (Lipinski definition) is 4. The predicted octanol–water partition coefficient (Wildman–Crippen LogP) is 4.82. The molecule has 0 saturated carbocycles. The Hall–Kier alpha value is -2.04. The number of nitrogens with one attached hydrogen (secondary N) is 1. The average Bonchev–Trinajstić information content (AvgIpc) is 2.89. The molecule has 0 saturated heterocycles. The molecule has 0 heterocycles. The van der Waals surface area contributed by atoms with Crippen LogP contribution in [0.4, 0.5) is 0 Å². The number of allylic oxidation sites excluding steroid dienone is 4. The Kier molecular flexibility index (Phi) is 22.6. The second-order valence-electron chi connectivity index (χ2n) is 9.23. The van der Waals surface area contributed by atoms with Gasteiger partial charge in [-0.25, -0.2) is 9.36 Å². The van der Waals surface area contributed by atoms with Gasteiger partial charge in [0.2, 0.25) is 5.91 Å². The molecule has 0 radical (unpaired) electrons. The normalized spacial score (nSPS) is 14.8. The van der Waals surface area contributed by atoms with Crippen molar-refractivity contribution >= 4 is 25.7 Å². The number of carbonyl (C=O) groups is 3. The molecule has 0 bridgehead atoms. The number of aliphatic hydroxyl groups excluding tert-OH is 1. The smallest absolute Gasteiger partial charge is 0.472 e. The summed E-state index contributed by atoms with van der Waals surface area (Å²) in [5.41, 5.74) is 0. The Morgan fingerprint density at radius 3 is 2.13 bits per heavy atom. The molecule has 3 unspecified atom stereocenters. The minimum atomic E-state index is -4.72. The van der Waals surface area contributed by atoms with Crippen molar-refractivity contribution in [2.75, 3.05) is 19.8 Å². The first-order valence-corrected chi connectivity index (χ1v) is 15.4. The monoisotopic (exact) mass is 577 g/mol. The SMILES string of the molecule is CCC/C=C\C/C=C\CCCCCCCC(=O)NC(COP(=O)(O)OCC(O)COC(=O)CCCC)C(=O)O. The molecule has 12 heteroatoms. The van der Waals surface area contributed by atoms with Gasteiger partial charge in [-0.1, -0.05) is 70.3 Å². The molecule has 226 valence electrons. The van der Waals surface area contributed by atoms with Crippen LogP contribution >= 0.6 is 7.82 Å². The third kappa shape index (κ3) is 23.6. The lowest BCUT2D eigenvalue weighted by Gasteiger charge is -2.18. The molecule has 1 amide bonds. The summed E-state index contributed by atoms with van der Waals surface area (Å²) >= 11 is 0. The van der Waals surface area contributed by atoms with E-state index in [4.69, 9.17) is 4.74 Å². The molecule has 11 nitrogen and oxygen atoms in total. The van der Waals surface area contributed by atoms with E-state index in [0.717, 1.165) is 57.8 Å². The van der Waals surface area contributed by atoms with Gasteiger partial charge in [0.15, 0.2) is 6.04 Å². The van der Waals surface area contributed by atoms with Crippen LogP contribution in [-0.2, 0) is 32.7 Å². The number of hydrogen-bond acceptors (Lipinski definition) is 8. The first-order chi connectivity index (χ1) is 18.6. The van der Waals surface area contributed by atoms with Crippen LogP contribution in [0.3, 0.4) is 0 Å². The highest BCUT2D eigenvalue weighted by Gasteiger charge is 2.28. The van der Waals surface area contributed by atoms with Gasteiger partial charge in [-0.05, 0) is 38.5 Å². The fourth-order valence-electron chi connectivity index (χ4n) is 3.21. The van der Waals surface area contributed by atoms with Crippen molar-refractivity contribution in [3.63, 3.8) is 0 Å². The fourth-order valence-corrected chi connectivity index (χ4v) is 3.98. The molecule has 0 spiro atoms. The molecule has 0 aliphatic carbocycles. The zero-order valence-corrected chi connectivity index (χ0v) is 24.3. The van der Waals surface area contributed by atoms with Crippen molar-refractivity contribution in [3.8, 4) is 0 Å². The van der Waals surface area contributed by atoms with E-state index in [-0.39, 0.29) is 12.8 Å². The van der Waals surface area contributed by atoms with Crippen LogP contribution in [0.15, 0.2) is 24.3 Å². The van der Waals surface area contributed by atoms with Crippen molar-refractivity contribution in [1.29, 1.82) is 0 Å². The zero-order valence-electron chi connectivity index (χ0n) is 23.4. The maximum atomic E-state index is 12.1. The molecule has 3 atom stereocenters. The number of aliphatic carboxylic acids is 1. The number of carboxylic acid groups (broad SMARTS) is 1. The van der Waals surface area contributed by atoms with Crippen molar-refractivity contribution in [3.05, 3.63) is 24.3 Å². The Bertz CT molecular complexity index is 787. The minimum absolute atomic E-state index is 0.129. The Morgan fingerprint density at radius 1 is 0.821 bits per heavy atom. The Morgan fingerprint density at radius 2 is 1.46 bits per heavy atom. The summed E-state index contributed by atoms with van der Waals surface area (Å²) in [6.45, 7) is 2.15. The van der Waals surface area contributed by atoms with Gasteiger partial charge in [-0.3, -0.25) is 18.6 Å². The maximum absolute atomic E-state index is 12.1. The molecule has 0 aromatic heterocycles. The lowest BCUT2D eigenvalue weighted by Crippen LogP contribution is -2.43. The van der Waals surface area contributed by atoms with E-state index in [1.54, 1.807) is 0 Å². The number of unbranched alkanes of at least 4 members (excludes halogenated alkanes) is 7. The van der Waals surface area contributed by atoms with E-state index in [1.165, 1.54) is 0 Å². The maximum Gasteiger partial charge on any atom is 0.472 e. The molecule has 0 fully saturated rings. The molecule has 0 aromatic carbocycles. The third-order valence-corrected chi connectivity index (χ3v) is 6.43. The lowest BCUT2D eigenvalue weighted by atomic mass is 10.1. The van der Waals surface area contributed by atoms with Crippen molar-refractivity contribution < 1.29 is 47.8 Å². The molecule has 0 aliphatic heterocycles. The van der Waals surface area contributed by atoms with Gasteiger partial charge < -0.3 is 25.2 Å². The van der Waals surface area contributed by atoms with Crippen molar-refractivity contribution in [1.82, 2.24) is 5.32 Å². The van der Waals surface area contributed by atoms with Crippen LogP contribution in [0.2, 0.25) is 0 Å². The molecular formula is C27H48NO10P. The van der Waals surface area contributed by atoms with E-state index in [9.17, 15) is 34.1 Å². The quantitative estimate of drug-likeness (QED) is 0.0511. The Labute approximate surface area is 232 Å². The number of rotatable bonds is 25. The van der Waals surface area contributed by atoms with Gasteiger partial charge in [0.05, 0.1) is 13.2 Å². The lowest BCUT2D eigenvalue weighted by molar-refractivity contribution is -0.147. The van der Waals surface area contributed by atoms with E-state index in [1.807, 2.05) is 6.92 Å². The van der Waals surface area contributed by atoms with E-state index in [0.29, 0.717) is 12.8 Å². The molecule has 0 rings (SSSR count). The minimum Gasteiger partial charge on any atom is -0.480 e. The number of aliphatic hydroxyl groups is 1. The second kappa shape index (κ2) is 23.8. The number of esters is 1. The highest BCUT2D eigenvalue weighted by Crippen LogP contribution is 2.43. The van der Waals surface area contributed by atoms with E-state index in [2.05, 4.69) is 45.6 Å². The fraction of sp³-hybridized carbons (Fsp3) is 0.741. The third-order valence-electron chi connectivity index (χ3n) is 5.47. The number of phosphoric ester groups is 1. The number of carboxylic acids is 1. The van der Waals surface area contributed by atoms with Crippen molar-refractivity contribution in [2.24, 2.45) is 0 Å². The summed E-state index contributed by atoms with van der Waals surface area (Å²) in [7, 11) is -4.72. The van der Waals surface area contributed by atoms with Gasteiger partial charge in [0.25, 0.3) is 0 Å². The van der Waals surface area contributed by atoms with Crippen molar-refractivity contribution in [2.45, 2.75) is 109 Å². The summed E-state index contributed by atoms with van der Waals surface area (Å²) < 4.78 is 26.1. The van der Waals surface area contributed by atoms with Gasteiger partial charge in [-0.2, -0.15) is 0 Å². The van der Waals surface area contributed by atoms with Crippen LogP contribution in [-0.4, -0.2) is 64.9 Å². The standard InChI is InChI=1S/C27H48NO10P/c1-3-5-7-8-9-10-11-12-13-14-15-16-17-18-25(30)28-24(27(32)33)22-38-39(34,35)37-21-23(29)20-36-26(31)19-6-4-2/h7-8,10-11,23-24,29H,3-6,9,12-22H2,1-2H3,(H,28,30)(H,32,33)(H,34,35)/b8-7-,11-10-. The molecule has 0 aliphatic rings. The number of ether oxygens (including phenoxy) is 1. The van der Waals surface area contributed by atoms with Crippen LogP contribution < -0.4 is 5.32 Å². The zero-order chi connectivity index (χ0) is 29.4. The summed E-state index contributed by atoms with van der Waals surface area (Å²) in [6.07, 6.45) is 17.9. The number of phosphoric acid groups is 1. The predicted molar refractivity (Wildman–Crippen MR) is 148 cm³/mol. The average molecular weight is 578 g/mol. The second-order valence-corrected chi connectivity index (χ2v) is 10.7. The van der Waals surface area contributed by atoms with Gasteiger partial charge >= 0.3 is 19.8 Å². The molecule has 4 N–H and O–H groups in total. The Balaban J connectivity index is 4.11. The highest BCUT2D eigenvalue weighted by atomic mass is 31.2. The van der Waals surface area contributed by atoms with Crippen LogP contribution in [0.1, 0.15) is 97.3 Å². The molecule has 39 heavy (non-hydrogen) atoms. The summed E-state index contributed by atoms with van der Waals surface area (Å²) in [4.78, 5) is 44.7. The van der Waals surface area contributed by atoms with Crippen LogP contribution in [0.25, 0.3) is 0 Å². The summed E-state index contributed by atoms with van der Waals surface area (Å²) in [6, 6.07) is -1.55. The summed E-state index contributed by atoms with van der Waals surface area (Å²) in [5, 5.41) is 21.3. The summed E-state index contributed by atoms with van der Waals surface area (Å²) in [5.74, 6) is -2.44. The van der Waals surface area contributed by atoms with E-state index < -0.39 is 57.6 Å². The number of carbonyl (C=O) groups excluding carboxylic acids is 2. The highest BCUT2D eigenvalue weighted by molar-refractivity contribution is 7.47. The van der Waals surface area contributed by atoms with Gasteiger partial charge in [0, 0.05) is 12.8 Å². The molecular weight excluding hydrogens is 529 g/mol. The largest absolute Gasteiger partial charge is 0.480 e. The van der Waals surface area contributed by atoms with Gasteiger partial charge in [0.1, 0.15) is 12.7 Å². The first-order valence-electron chi connectivity index (χ1n) is 13.9. The van der Waals surface area contributed by atoms with Crippen LogP contribution in [0.5, 0.6) is 0 Å². The topological polar surface area (TPSA) is 169 Å².